The van der Waals surface area contributed by atoms with E-state index < -0.39 is 0 Å². The number of hydrogen-bond donors (Lipinski definition) is 1. The van der Waals surface area contributed by atoms with E-state index in [9.17, 15) is 4.79 Å². The van der Waals surface area contributed by atoms with Gasteiger partial charge in [0.05, 0.1) is 6.42 Å². The van der Waals surface area contributed by atoms with Crippen molar-refractivity contribution >= 4 is 17.2 Å². The molecule has 0 aromatic carbocycles. The molecule has 0 bridgehead atoms. The molecule has 54 valence electrons. The highest BCUT2D eigenvalue weighted by Gasteiger charge is 2.01. The van der Waals surface area contributed by atoms with E-state index in [2.05, 4.69) is 4.98 Å². The zero-order chi connectivity index (χ0) is 7.56. The van der Waals surface area contributed by atoms with Crippen molar-refractivity contribution < 1.29 is 4.79 Å². The summed E-state index contributed by atoms with van der Waals surface area (Å²) in [4.78, 5) is 15.4. The van der Waals surface area contributed by atoms with Crippen molar-refractivity contribution in [3.8, 4) is 0 Å². The van der Waals surface area contributed by atoms with Gasteiger partial charge < -0.3 is 5.73 Å². The number of nitrogens with zero attached hydrogens (tertiary/aromatic N) is 1. The molecular weight excluding hydrogens is 148 g/mol. The molecule has 0 fully saturated rings. The van der Waals surface area contributed by atoms with E-state index in [0.29, 0.717) is 0 Å². The van der Waals surface area contributed by atoms with Crippen LogP contribution in [0.15, 0.2) is 6.20 Å². The topological polar surface area (TPSA) is 56.0 Å². The van der Waals surface area contributed by atoms with Gasteiger partial charge in [-0.2, -0.15) is 0 Å². The molecule has 1 amide bonds. The van der Waals surface area contributed by atoms with Crippen molar-refractivity contribution in [1.29, 1.82) is 0 Å². The number of primary amides is 1. The summed E-state index contributed by atoms with van der Waals surface area (Å²) in [5, 5.41) is 0.796. The number of carbonyl (C=O) groups excluding carboxylic acids is 1. The molecule has 0 spiro atoms. The number of amides is 1. The van der Waals surface area contributed by atoms with E-state index in [1.54, 1.807) is 6.20 Å². The molecule has 1 aromatic rings. The van der Waals surface area contributed by atoms with Gasteiger partial charge in [-0.1, -0.05) is 0 Å². The summed E-state index contributed by atoms with van der Waals surface area (Å²) in [5.74, 6) is -0.325. The van der Waals surface area contributed by atoms with Crippen LogP contribution < -0.4 is 5.73 Å². The average molecular weight is 156 g/mol. The maximum atomic E-state index is 10.4. The van der Waals surface area contributed by atoms with Crippen molar-refractivity contribution in [1.82, 2.24) is 4.98 Å². The molecule has 0 saturated carbocycles. The molecule has 0 aliphatic carbocycles. The molecule has 0 atom stereocenters. The first kappa shape index (κ1) is 7.21. The largest absolute Gasteiger partial charge is 0.369 e. The van der Waals surface area contributed by atoms with Crippen molar-refractivity contribution in [2.75, 3.05) is 0 Å². The van der Waals surface area contributed by atoms with Gasteiger partial charge in [0.25, 0.3) is 0 Å². The minimum atomic E-state index is -0.325. The van der Waals surface area contributed by atoms with Gasteiger partial charge in [0, 0.05) is 11.1 Å². The molecule has 0 aliphatic rings. The molecule has 1 heterocycles. The molecular formula is C6H8N2OS. The lowest BCUT2D eigenvalue weighted by atomic mass is 10.4. The molecule has 4 heteroatoms. The maximum absolute atomic E-state index is 10.4. The monoisotopic (exact) mass is 156 g/mol. The van der Waals surface area contributed by atoms with Gasteiger partial charge in [0.1, 0.15) is 5.01 Å². The first-order valence-corrected chi connectivity index (χ1v) is 3.70. The van der Waals surface area contributed by atoms with Crippen LogP contribution in [0.4, 0.5) is 0 Å². The number of thiazole rings is 1. The van der Waals surface area contributed by atoms with E-state index >= 15 is 0 Å². The summed E-state index contributed by atoms with van der Waals surface area (Å²) in [6.07, 6.45) is 2.00. The second kappa shape index (κ2) is 2.79. The van der Waals surface area contributed by atoms with Gasteiger partial charge in [-0.25, -0.2) is 4.98 Å². The fraction of sp³-hybridized carbons (Fsp3) is 0.333. The molecule has 0 unspecified atom stereocenters. The Balaban J connectivity index is 2.67. The van der Waals surface area contributed by atoms with Crippen LogP contribution in [0, 0.1) is 6.92 Å². The Bertz CT molecular complexity index is 244. The molecule has 2 N–H and O–H groups in total. The molecule has 0 saturated heterocycles. The molecule has 0 radical (unpaired) electrons. The van der Waals surface area contributed by atoms with Crippen LogP contribution in [0.2, 0.25) is 0 Å². The number of nitrogens with two attached hydrogens (primary N) is 1. The van der Waals surface area contributed by atoms with Crippen LogP contribution in [-0.4, -0.2) is 10.9 Å². The predicted octanol–water partition coefficient (Wildman–Crippen LogP) is 0.479. The van der Waals surface area contributed by atoms with Gasteiger partial charge in [-0.15, -0.1) is 11.3 Å². The Morgan fingerprint density at radius 1 is 1.90 bits per heavy atom. The van der Waals surface area contributed by atoms with Gasteiger partial charge in [-0.3, -0.25) is 4.79 Å². The second-order valence-corrected chi connectivity index (χ2v) is 3.33. The molecule has 0 aliphatic heterocycles. The Kier molecular flexibility index (Phi) is 2.01. The summed E-state index contributed by atoms with van der Waals surface area (Å²) in [6.45, 7) is 1.95. The summed E-state index contributed by atoms with van der Waals surface area (Å²) in [6, 6.07) is 0. The lowest BCUT2D eigenvalue weighted by Gasteiger charge is -1.85. The molecule has 3 nitrogen and oxygen atoms in total. The Labute approximate surface area is 62.9 Å². The average Bonchev–Trinajstić information content (AvgIpc) is 2.13. The molecule has 10 heavy (non-hydrogen) atoms. The SMILES string of the molecule is Cc1cnc(CC(N)=O)s1. The number of hydrogen-bond acceptors (Lipinski definition) is 3. The second-order valence-electron chi connectivity index (χ2n) is 2.01. The first-order valence-electron chi connectivity index (χ1n) is 2.88. The maximum Gasteiger partial charge on any atom is 0.224 e. The summed E-state index contributed by atoms with van der Waals surface area (Å²) in [7, 11) is 0. The third-order valence-electron chi connectivity index (χ3n) is 0.995. The van der Waals surface area contributed by atoms with Gasteiger partial charge in [0.15, 0.2) is 0 Å². The normalized spacial score (nSPS) is 9.70. The Morgan fingerprint density at radius 3 is 3.00 bits per heavy atom. The summed E-state index contributed by atoms with van der Waals surface area (Å²) >= 11 is 1.50. The van der Waals surface area contributed by atoms with Crippen LogP contribution in [0.25, 0.3) is 0 Å². The highest BCUT2D eigenvalue weighted by atomic mass is 32.1. The smallest absolute Gasteiger partial charge is 0.224 e. The lowest BCUT2D eigenvalue weighted by molar-refractivity contribution is -0.117. The predicted molar refractivity (Wildman–Crippen MR) is 39.7 cm³/mol. The van der Waals surface area contributed by atoms with E-state index in [1.807, 2.05) is 6.92 Å². The van der Waals surface area contributed by atoms with Gasteiger partial charge in [-0.05, 0) is 6.92 Å². The van der Waals surface area contributed by atoms with Gasteiger partial charge >= 0.3 is 0 Å². The highest BCUT2D eigenvalue weighted by Crippen LogP contribution is 2.10. The van der Waals surface area contributed by atoms with E-state index in [4.69, 9.17) is 5.73 Å². The van der Waals surface area contributed by atoms with Gasteiger partial charge in [0.2, 0.25) is 5.91 Å². The summed E-state index contributed by atoms with van der Waals surface area (Å²) in [5.41, 5.74) is 4.96. The fourth-order valence-electron chi connectivity index (χ4n) is 0.632. The minimum absolute atomic E-state index is 0.262. The van der Waals surface area contributed by atoms with E-state index in [0.717, 1.165) is 9.88 Å². The van der Waals surface area contributed by atoms with Crippen LogP contribution >= 0.6 is 11.3 Å². The van der Waals surface area contributed by atoms with Crippen molar-refractivity contribution in [2.45, 2.75) is 13.3 Å². The molecule has 1 aromatic heterocycles. The standard InChI is InChI=1S/C6H8N2OS/c1-4-3-8-6(10-4)2-5(7)9/h3H,2H2,1H3,(H2,7,9). The van der Waals surface area contributed by atoms with E-state index in [1.165, 1.54) is 11.3 Å². The van der Waals surface area contributed by atoms with Crippen molar-refractivity contribution in [2.24, 2.45) is 5.73 Å². The zero-order valence-electron chi connectivity index (χ0n) is 5.63. The third kappa shape index (κ3) is 1.80. The Hall–Kier alpha value is -0.900. The van der Waals surface area contributed by atoms with Crippen LogP contribution in [0.5, 0.6) is 0 Å². The Morgan fingerprint density at radius 2 is 2.60 bits per heavy atom. The van der Waals surface area contributed by atoms with Crippen LogP contribution in [-0.2, 0) is 11.2 Å². The van der Waals surface area contributed by atoms with Crippen molar-refractivity contribution in [3.63, 3.8) is 0 Å². The van der Waals surface area contributed by atoms with E-state index in [-0.39, 0.29) is 12.3 Å². The quantitative estimate of drug-likeness (QED) is 0.677. The molecule has 1 rings (SSSR count). The lowest BCUT2D eigenvalue weighted by Crippen LogP contribution is -2.13. The van der Waals surface area contributed by atoms with Crippen LogP contribution in [0.1, 0.15) is 9.88 Å². The fourth-order valence-corrected chi connectivity index (χ4v) is 1.43. The number of carbonyl (C=O) groups is 1. The highest BCUT2D eigenvalue weighted by molar-refractivity contribution is 7.11. The minimum Gasteiger partial charge on any atom is -0.369 e. The number of aromatic nitrogens is 1. The van der Waals surface area contributed by atoms with Crippen molar-refractivity contribution in [3.05, 3.63) is 16.1 Å². The zero-order valence-corrected chi connectivity index (χ0v) is 6.44. The first-order chi connectivity index (χ1) is 4.68. The third-order valence-corrected chi connectivity index (χ3v) is 1.91. The number of aryl methyl sites for hydroxylation is 1. The van der Waals surface area contributed by atoms with Crippen LogP contribution in [0.3, 0.4) is 0 Å². The summed E-state index contributed by atoms with van der Waals surface area (Å²) < 4.78 is 0. The number of rotatable bonds is 2.